The van der Waals surface area contributed by atoms with E-state index in [1.54, 1.807) is 6.07 Å². The summed E-state index contributed by atoms with van der Waals surface area (Å²) in [5, 5.41) is 0. The maximum absolute atomic E-state index is 13.0. The van der Waals surface area contributed by atoms with Crippen LogP contribution in [0.25, 0.3) is 0 Å². The Bertz CT molecular complexity index is 382. The van der Waals surface area contributed by atoms with Crippen LogP contribution in [0.15, 0.2) is 18.2 Å². The molecule has 1 aromatic carbocycles. The van der Waals surface area contributed by atoms with Gasteiger partial charge in [0.05, 0.1) is 17.5 Å². The van der Waals surface area contributed by atoms with Gasteiger partial charge in [-0.3, -0.25) is 0 Å². The van der Waals surface area contributed by atoms with Gasteiger partial charge in [0.25, 0.3) is 0 Å². The molecule has 17 heavy (non-hydrogen) atoms. The number of hydrogen-bond donors (Lipinski definition) is 1. The van der Waals surface area contributed by atoms with Crippen LogP contribution < -0.4 is 10.6 Å². The number of nitrogens with two attached hydrogens (primary N) is 1. The third-order valence-corrected chi connectivity index (χ3v) is 3.11. The van der Waals surface area contributed by atoms with E-state index in [0.29, 0.717) is 5.69 Å². The van der Waals surface area contributed by atoms with Gasteiger partial charge in [-0.25, -0.2) is 4.39 Å². The minimum absolute atomic E-state index is 0.262. The highest BCUT2D eigenvalue weighted by molar-refractivity contribution is 5.67. The molecule has 94 valence electrons. The van der Waals surface area contributed by atoms with Crippen molar-refractivity contribution in [2.75, 3.05) is 30.3 Å². The first kappa shape index (κ1) is 12.2. The number of ether oxygens (including phenoxy) is 1. The number of benzene rings is 1. The Kier molecular flexibility index (Phi) is 3.84. The van der Waals surface area contributed by atoms with Crippen LogP contribution in [0.2, 0.25) is 0 Å². The first-order valence-electron chi connectivity index (χ1n) is 6.12. The third-order valence-electron chi connectivity index (χ3n) is 3.11. The van der Waals surface area contributed by atoms with Gasteiger partial charge in [-0.05, 0) is 38.0 Å². The van der Waals surface area contributed by atoms with Crippen molar-refractivity contribution in [2.45, 2.75) is 25.9 Å². The number of rotatable bonds is 3. The molecule has 0 aromatic heterocycles. The van der Waals surface area contributed by atoms with Gasteiger partial charge in [0.15, 0.2) is 0 Å². The Morgan fingerprint density at radius 1 is 1.53 bits per heavy atom. The van der Waals surface area contributed by atoms with Crippen molar-refractivity contribution in [2.24, 2.45) is 0 Å². The van der Waals surface area contributed by atoms with Crippen LogP contribution in [-0.4, -0.2) is 25.8 Å². The monoisotopic (exact) mass is 238 g/mol. The minimum atomic E-state index is -0.287. The summed E-state index contributed by atoms with van der Waals surface area (Å²) in [6, 6.07) is 4.58. The van der Waals surface area contributed by atoms with Crippen molar-refractivity contribution >= 4 is 11.4 Å². The van der Waals surface area contributed by atoms with Gasteiger partial charge in [0, 0.05) is 19.7 Å². The molecule has 1 aliphatic heterocycles. The van der Waals surface area contributed by atoms with Crippen molar-refractivity contribution in [3.05, 3.63) is 24.0 Å². The molecule has 2 rings (SSSR count). The number of nitrogens with zero attached hydrogens (tertiary/aromatic N) is 1. The van der Waals surface area contributed by atoms with Crippen LogP contribution >= 0.6 is 0 Å². The number of anilines is 2. The topological polar surface area (TPSA) is 38.5 Å². The lowest BCUT2D eigenvalue weighted by atomic mass is 10.1. The van der Waals surface area contributed by atoms with E-state index in [-0.39, 0.29) is 11.9 Å². The summed E-state index contributed by atoms with van der Waals surface area (Å²) in [6.45, 7) is 4.53. The quantitative estimate of drug-likeness (QED) is 0.822. The highest BCUT2D eigenvalue weighted by Crippen LogP contribution is 2.27. The molecule has 4 heteroatoms. The standard InChI is InChI=1S/C13H19FN2O/c1-2-17-11-4-3-7-16(9-11)13-6-5-10(14)8-12(13)15/h5-6,8,11H,2-4,7,9,15H2,1H3. The second-order valence-electron chi connectivity index (χ2n) is 4.37. The molecule has 0 spiro atoms. The molecule has 0 bridgehead atoms. The van der Waals surface area contributed by atoms with Crippen LogP contribution in [0.4, 0.5) is 15.8 Å². The number of halogens is 1. The Balaban J connectivity index is 2.10. The minimum Gasteiger partial charge on any atom is -0.397 e. The maximum Gasteiger partial charge on any atom is 0.125 e. The van der Waals surface area contributed by atoms with Gasteiger partial charge >= 0.3 is 0 Å². The normalized spacial score (nSPS) is 20.6. The van der Waals surface area contributed by atoms with E-state index < -0.39 is 0 Å². The second-order valence-corrected chi connectivity index (χ2v) is 4.37. The van der Waals surface area contributed by atoms with E-state index in [1.807, 2.05) is 6.92 Å². The fraction of sp³-hybridized carbons (Fsp3) is 0.538. The smallest absolute Gasteiger partial charge is 0.125 e. The average molecular weight is 238 g/mol. The summed E-state index contributed by atoms with van der Waals surface area (Å²) in [7, 11) is 0. The first-order chi connectivity index (χ1) is 8.20. The Morgan fingerprint density at radius 3 is 3.06 bits per heavy atom. The summed E-state index contributed by atoms with van der Waals surface area (Å²) >= 11 is 0. The lowest BCUT2D eigenvalue weighted by Gasteiger charge is -2.34. The molecular weight excluding hydrogens is 219 g/mol. The largest absolute Gasteiger partial charge is 0.397 e. The molecule has 0 saturated carbocycles. The van der Waals surface area contributed by atoms with E-state index in [1.165, 1.54) is 12.1 Å². The van der Waals surface area contributed by atoms with E-state index in [0.717, 1.165) is 38.2 Å². The van der Waals surface area contributed by atoms with Crippen LogP contribution in [0.5, 0.6) is 0 Å². The van der Waals surface area contributed by atoms with E-state index in [4.69, 9.17) is 10.5 Å². The first-order valence-corrected chi connectivity index (χ1v) is 6.12. The molecule has 1 atom stereocenters. The zero-order valence-electron chi connectivity index (χ0n) is 10.2. The van der Waals surface area contributed by atoms with Gasteiger partial charge < -0.3 is 15.4 Å². The molecule has 1 heterocycles. The van der Waals surface area contributed by atoms with Gasteiger partial charge in [-0.15, -0.1) is 0 Å². The molecule has 1 fully saturated rings. The summed E-state index contributed by atoms with van der Waals surface area (Å²) < 4.78 is 18.6. The van der Waals surface area contributed by atoms with Gasteiger partial charge in [-0.2, -0.15) is 0 Å². The summed E-state index contributed by atoms with van der Waals surface area (Å²) in [5.74, 6) is -0.287. The third kappa shape index (κ3) is 2.88. The molecule has 1 saturated heterocycles. The summed E-state index contributed by atoms with van der Waals surface area (Å²) in [5.41, 5.74) is 7.26. The molecule has 2 N–H and O–H groups in total. The predicted molar refractivity (Wildman–Crippen MR) is 67.7 cm³/mol. The van der Waals surface area contributed by atoms with E-state index in [9.17, 15) is 4.39 Å². The van der Waals surface area contributed by atoms with Gasteiger partial charge in [0.1, 0.15) is 5.82 Å². The molecule has 1 aliphatic rings. The van der Waals surface area contributed by atoms with E-state index >= 15 is 0 Å². The molecule has 3 nitrogen and oxygen atoms in total. The highest BCUT2D eigenvalue weighted by Gasteiger charge is 2.21. The van der Waals surface area contributed by atoms with Crippen LogP contribution in [0.1, 0.15) is 19.8 Å². The fourth-order valence-corrected chi connectivity index (χ4v) is 2.34. The summed E-state index contributed by atoms with van der Waals surface area (Å²) in [6.07, 6.45) is 2.44. The Morgan fingerprint density at radius 2 is 2.35 bits per heavy atom. The zero-order valence-corrected chi connectivity index (χ0v) is 10.2. The molecule has 0 aliphatic carbocycles. The molecular formula is C13H19FN2O. The van der Waals surface area contributed by atoms with Crippen molar-refractivity contribution < 1.29 is 9.13 Å². The number of piperidine rings is 1. The van der Waals surface area contributed by atoms with Crippen LogP contribution in [-0.2, 0) is 4.74 Å². The highest BCUT2D eigenvalue weighted by atomic mass is 19.1. The van der Waals surface area contributed by atoms with Gasteiger partial charge in [-0.1, -0.05) is 0 Å². The van der Waals surface area contributed by atoms with Crippen molar-refractivity contribution in [3.63, 3.8) is 0 Å². The van der Waals surface area contributed by atoms with E-state index in [2.05, 4.69) is 4.90 Å². The van der Waals surface area contributed by atoms with Crippen LogP contribution in [0, 0.1) is 5.82 Å². The molecule has 0 amide bonds. The SMILES string of the molecule is CCOC1CCCN(c2ccc(F)cc2N)C1. The predicted octanol–water partition coefficient (Wildman–Crippen LogP) is 2.41. The van der Waals surface area contributed by atoms with Crippen molar-refractivity contribution in [3.8, 4) is 0 Å². The maximum atomic E-state index is 13.0. The summed E-state index contributed by atoms with van der Waals surface area (Å²) in [4.78, 5) is 2.18. The molecule has 0 radical (unpaired) electrons. The Hall–Kier alpha value is -1.29. The van der Waals surface area contributed by atoms with Gasteiger partial charge in [0.2, 0.25) is 0 Å². The Labute approximate surface area is 101 Å². The van der Waals surface area contributed by atoms with Crippen molar-refractivity contribution in [1.29, 1.82) is 0 Å². The van der Waals surface area contributed by atoms with Crippen LogP contribution in [0.3, 0.4) is 0 Å². The zero-order chi connectivity index (χ0) is 12.3. The molecule has 1 unspecified atom stereocenters. The fourth-order valence-electron chi connectivity index (χ4n) is 2.34. The lowest BCUT2D eigenvalue weighted by molar-refractivity contribution is 0.0527. The van der Waals surface area contributed by atoms with Crippen molar-refractivity contribution in [1.82, 2.24) is 0 Å². The lowest BCUT2D eigenvalue weighted by Crippen LogP contribution is -2.40. The average Bonchev–Trinajstić information content (AvgIpc) is 2.29. The number of nitrogen functional groups attached to an aromatic ring is 1. The second kappa shape index (κ2) is 5.36. The molecule has 1 aromatic rings. The number of hydrogen-bond acceptors (Lipinski definition) is 3.